The summed E-state index contributed by atoms with van der Waals surface area (Å²) in [7, 11) is 1.61. The molecule has 28 heavy (non-hydrogen) atoms. The van der Waals surface area contributed by atoms with Crippen LogP contribution >= 0.6 is 0 Å². The van der Waals surface area contributed by atoms with Gasteiger partial charge in [0.05, 0.1) is 30.4 Å². The number of hydrogen-bond donors (Lipinski definition) is 2. The number of carbonyl (C=O) groups is 2. The van der Waals surface area contributed by atoms with Crippen molar-refractivity contribution in [3.05, 3.63) is 59.8 Å². The van der Waals surface area contributed by atoms with E-state index in [0.717, 1.165) is 22.2 Å². The fraction of sp³-hybridized carbons (Fsp3) is 0.273. The highest BCUT2D eigenvalue weighted by Gasteiger charge is 2.33. The van der Waals surface area contributed by atoms with Crippen LogP contribution in [0.1, 0.15) is 36.7 Å². The number of rotatable bonds is 6. The van der Waals surface area contributed by atoms with E-state index in [-0.39, 0.29) is 12.5 Å². The van der Waals surface area contributed by atoms with Crippen molar-refractivity contribution in [3.63, 3.8) is 0 Å². The summed E-state index contributed by atoms with van der Waals surface area (Å²) in [5.74, 6) is 0.0261. The zero-order chi connectivity index (χ0) is 20.3. The average Bonchev–Trinajstić information content (AvgIpc) is 3.12. The number of fused-ring (bicyclic) bond motifs is 1. The lowest BCUT2D eigenvalue weighted by atomic mass is 9.83. The van der Waals surface area contributed by atoms with Gasteiger partial charge in [-0.3, -0.25) is 4.79 Å². The molecule has 1 heterocycles. The number of aromatic nitrogens is 1. The zero-order valence-corrected chi connectivity index (χ0v) is 16.5. The van der Waals surface area contributed by atoms with Crippen LogP contribution in [0, 0.1) is 0 Å². The van der Waals surface area contributed by atoms with E-state index in [1.165, 1.54) is 0 Å². The number of methoxy groups -OCH3 is 1. The van der Waals surface area contributed by atoms with Crippen LogP contribution in [0.4, 0.5) is 5.69 Å². The van der Waals surface area contributed by atoms with Gasteiger partial charge in [0.15, 0.2) is 0 Å². The number of ether oxygens (including phenoxy) is 2. The number of aromatic amines is 1. The summed E-state index contributed by atoms with van der Waals surface area (Å²) in [5.41, 5.74) is 1.66. The molecule has 0 radical (unpaired) electrons. The molecule has 0 unspecified atom stereocenters. The Morgan fingerprint density at radius 2 is 1.89 bits per heavy atom. The molecule has 0 bridgehead atoms. The second-order valence-corrected chi connectivity index (χ2v) is 6.96. The third kappa shape index (κ3) is 3.58. The first kappa shape index (κ1) is 19.5. The molecule has 0 fully saturated rings. The predicted molar refractivity (Wildman–Crippen MR) is 109 cm³/mol. The van der Waals surface area contributed by atoms with Crippen LogP contribution in [0.5, 0.6) is 5.75 Å². The quantitative estimate of drug-likeness (QED) is 0.626. The largest absolute Gasteiger partial charge is 0.497 e. The monoisotopic (exact) mass is 380 g/mol. The Balaban J connectivity index is 1.94. The summed E-state index contributed by atoms with van der Waals surface area (Å²) in [4.78, 5) is 28.5. The molecule has 3 aromatic rings. The van der Waals surface area contributed by atoms with Gasteiger partial charge >= 0.3 is 5.97 Å². The van der Waals surface area contributed by atoms with E-state index in [1.807, 2.05) is 38.2 Å². The molecule has 2 aromatic carbocycles. The minimum Gasteiger partial charge on any atom is -0.497 e. The van der Waals surface area contributed by atoms with Crippen molar-refractivity contribution < 1.29 is 19.1 Å². The Labute approximate surface area is 163 Å². The second kappa shape index (κ2) is 7.76. The minimum absolute atomic E-state index is 0.229. The number of carbonyl (C=O) groups excluding carboxylic acids is 2. The van der Waals surface area contributed by atoms with Crippen LogP contribution in [0.3, 0.4) is 0 Å². The molecule has 0 aliphatic heterocycles. The highest BCUT2D eigenvalue weighted by Crippen LogP contribution is 2.34. The van der Waals surface area contributed by atoms with Gasteiger partial charge in [0.2, 0.25) is 5.91 Å². The van der Waals surface area contributed by atoms with Crippen LogP contribution < -0.4 is 10.1 Å². The Hall–Kier alpha value is -3.28. The molecular weight excluding hydrogens is 356 g/mol. The van der Waals surface area contributed by atoms with Crippen LogP contribution in [0.25, 0.3) is 10.9 Å². The standard InChI is InChI=1S/C22H24N2O4/c1-5-28-20(25)15-8-6-7-9-19(15)24-21(26)22(2,3)17-13-23-18-11-10-14(27-4)12-16(17)18/h6-13,23H,5H2,1-4H3,(H,24,26). The lowest BCUT2D eigenvalue weighted by Gasteiger charge is -2.24. The molecule has 0 atom stereocenters. The van der Waals surface area contributed by atoms with Crippen LogP contribution in [-0.4, -0.2) is 30.6 Å². The van der Waals surface area contributed by atoms with E-state index in [1.54, 1.807) is 38.3 Å². The molecule has 0 aliphatic carbocycles. The van der Waals surface area contributed by atoms with Crippen molar-refractivity contribution in [1.82, 2.24) is 4.98 Å². The van der Waals surface area contributed by atoms with Crippen molar-refractivity contribution >= 4 is 28.5 Å². The van der Waals surface area contributed by atoms with Gasteiger partial charge in [0.25, 0.3) is 0 Å². The summed E-state index contributed by atoms with van der Waals surface area (Å²) in [6, 6.07) is 12.5. The van der Waals surface area contributed by atoms with Gasteiger partial charge in [-0.25, -0.2) is 4.79 Å². The van der Waals surface area contributed by atoms with Crippen molar-refractivity contribution in [2.24, 2.45) is 0 Å². The molecule has 6 nitrogen and oxygen atoms in total. The number of benzene rings is 2. The first-order chi connectivity index (χ1) is 13.4. The van der Waals surface area contributed by atoms with E-state index in [4.69, 9.17) is 9.47 Å². The summed E-state index contributed by atoms with van der Waals surface area (Å²) in [6.07, 6.45) is 1.83. The third-order valence-corrected chi connectivity index (χ3v) is 4.80. The topological polar surface area (TPSA) is 80.4 Å². The minimum atomic E-state index is -0.855. The zero-order valence-electron chi connectivity index (χ0n) is 16.5. The Morgan fingerprint density at radius 1 is 1.14 bits per heavy atom. The molecule has 0 saturated heterocycles. The lowest BCUT2D eigenvalue weighted by molar-refractivity contribution is -0.120. The smallest absolute Gasteiger partial charge is 0.340 e. The lowest BCUT2D eigenvalue weighted by Crippen LogP contribution is -2.35. The van der Waals surface area contributed by atoms with Crippen LogP contribution in [0.15, 0.2) is 48.7 Å². The van der Waals surface area contributed by atoms with E-state index in [9.17, 15) is 9.59 Å². The molecule has 1 amide bonds. The number of H-pyrrole nitrogens is 1. The van der Waals surface area contributed by atoms with Crippen LogP contribution in [0.2, 0.25) is 0 Å². The highest BCUT2D eigenvalue weighted by atomic mass is 16.5. The maximum Gasteiger partial charge on any atom is 0.340 e. The first-order valence-corrected chi connectivity index (χ1v) is 9.11. The van der Waals surface area contributed by atoms with Gasteiger partial charge in [-0.05, 0) is 56.7 Å². The number of hydrogen-bond acceptors (Lipinski definition) is 4. The average molecular weight is 380 g/mol. The van der Waals surface area contributed by atoms with Gasteiger partial charge in [0, 0.05) is 17.1 Å². The number of amides is 1. The molecule has 3 rings (SSSR count). The van der Waals surface area contributed by atoms with Gasteiger partial charge < -0.3 is 19.8 Å². The van der Waals surface area contributed by atoms with Crippen molar-refractivity contribution in [2.75, 3.05) is 19.0 Å². The highest BCUT2D eigenvalue weighted by molar-refractivity contribution is 6.06. The molecule has 2 N–H and O–H groups in total. The molecule has 6 heteroatoms. The van der Waals surface area contributed by atoms with Crippen molar-refractivity contribution in [1.29, 1.82) is 0 Å². The van der Waals surface area contributed by atoms with Crippen molar-refractivity contribution in [2.45, 2.75) is 26.2 Å². The van der Waals surface area contributed by atoms with Gasteiger partial charge in [0.1, 0.15) is 5.75 Å². The van der Waals surface area contributed by atoms with Crippen LogP contribution in [-0.2, 0) is 14.9 Å². The second-order valence-electron chi connectivity index (χ2n) is 6.96. The Bertz CT molecular complexity index is 1020. The summed E-state index contributed by atoms with van der Waals surface area (Å²) < 4.78 is 10.4. The van der Waals surface area contributed by atoms with E-state index < -0.39 is 11.4 Å². The number of nitrogens with one attached hydrogen (secondary N) is 2. The normalized spacial score (nSPS) is 11.3. The first-order valence-electron chi connectivity index (χ1n) is 9.11. The van der Waals surface area contributed by atoms with E-state index >= 15 is 0 Å². The van der Waals surface area contributed by atoms with Crippen molar-refractivity contribution in [3.8, 4) is 5.75 Å². The van der Waals surface area contributed by atoms with E-state index in [2.05, 4.69) is 10.3 Å². The Morgan fingerprint density at radius 3 is 2.61 bits per heavy atom. The molecule has 146 valence electrons. The Kier molecular flexibility index (Phi) is 5.40. The van der Waals surface area contributed by atoms with Gasteiger partial charge in [-0.15, -0.1) is 0 Å². The fourth-order valence-electron chi connectivity index (χ4n) is 3.12. The number of anilines is 1. The van der Waals surface area contributed by atoms with Gasteiger partial charge in [-0.1, -0.05) is 12.1 Å². The molecule has 0 saturated carbocycles. The molecular formula is C22H24N2O4. The molecule has 0 spiro atoms. The number of para-hydroxylation sites is 1. The summed E-state index contributed by atoms with van der Waals surface area (Å²) in [6.45, 7) is 5.70. The summed E-state index contributed by atoms with van der Waals surface area (Å²) in [5, 5.41) is 3.80. The number of esters is 1. The fourth-order valence-corrected chi connectivity index (χ4v) is 3.12. The third-order valence-electron chi connectivity index (χ3n) is 4.80. The predicted octanol–water partition coefficient (Wildman–Crippen LogP) is 4.27. The summed E-state index contributed by atoms with van der Waals surface area (Å²) >= 11 is 0. The molecule has 0 aliphatic rings. The SMILES string of the molecule is CCOC(=O)c1ccccc1NC(=O)C(C)(C)c1c[nH]c2ccc(OC)cc12. The maximum atomic E-state index is 13.2. The molecule has 1 aromatic heterocycles. The van der Waals surface area contributed by atoms with Gasteiger partial charge in [-0.2, -0.15) is 0 Å². The van der Waals surface area contributed by atoms with E-state index in [0.29, 0.717) is 11.3 Å². The maximum absolute atomic E-state index is 13.2.